The van der Waals surface area contributed by atoms with Crippen LogP contribution in [0.2, 0.25) is 0 Å². The molecule has 0 bridgehead atoms. The van der Waals surface area contributed by atoms with Crippen LogP contribution in [0.1, 0.15) is 16.7 Å². The first-order valence-corrected chi connectivity index (χ1v) is 11.2. The number of aliphatic hydroxyl groups is 1. The molecule has 0 atom stereocenters. The summed E-state index contributed by atoms with van der Waals surface area (Å²) < 4.78 is 0. The van der Waals surface area contributed by atoms with Crippen molar-refractivity contribution in [2.75, 3.05) is 5.48 Å². The molecule has 4 aromatic rings. The third-order valence-corrected chi connectivity index (χ3v) is 5.30. The Morgan fingerprint density at radius 1 is 0.750 bits per heavy atom. The van der Waals surface area contributed by atoms with Crippen LogP contribution in [-0.4, -0.2) is 17.0 Å². The molecule has 0 aromatic heterocycles. The number of nitrogens with zero attached hydrogens (tertiary/aromatic N) is 2. The van der Waals surface area contributed by atoms with Crippen LogP contribution in [0.15, 0.2) is 132 Å². The fourth-order valence-corrected chi connectivity index (χ4v) is 3.42. The average molecular weight is 478 g/mol. The first-order chi connectivity index (χ1) is 17.6. The summed E-state index contributed by atoms with van der Waals surface area (Å²) in [6, 6.07) is 33.0. The van der Waals surface area contributed by atoms with E-state index < -0.39 is 17.5 Å². The number of azo groups is 1. The van der Waals surface area contributed by atoms with Gasteiger partial charge in [-0.05, 0) is 47.0 Å². The number of carbonyl (C=O) groups excluding carboxylic acids is 2. The van der Waals surface area contributed by atoms with Gasteiger partial charge in [-0.2, -0.15) is 0 Å². The summed E-state index contributed by atoms with van der Waals surface area (Å²) in [5, 5.41) is 19.2. The lowest BCUT2D eigenvalue weighted by atomic mass is 9.86. The van der Waals surface area contributed by atoms with Crippen molar-refractivity contribution < 1.29 is 19.5 Å². The third kappa shape index (κ3) is 5.97. The van der Waals surface area contributed by atoms with Crippen LogP contribution < -0.4 is 5.48 Å². The molecule has 0 saturated carbocycles. The normalized spacial score (nSPS) is 11.5. The van der Waals surface area contributed by atoms with Crippen LogP contribution >= 0.6 is 0 Å². The summed E-state index contributed by atoms with van der Waals surface area (Å²) in [4.78, 5) is 30.0. The highest BCUT2D eigenvalue weighted by Gasteiger charge is 2.40. The van der Waals surface area contributed by atoms with Gasteiger partial charge in [0.25, 0.3) is 0 Å². The number of nitrogens with one attached hydrogen (secondary N) is 1. The zero-order valence-corrected chi connectivity index (χ0v) is 19.2. The SMILES string of the molecule is O=C(/C=C/c1ccccc1)ONc1ccc(N=NC(=O)C(O)(c2ccccc2)c2ccccc2)cc1. The second-order valence-electron chi connectivity index (χ2n) is 7.76. The van der Waals surface area contributed by atoms with E-state index in [1.54, 1.807) is 91.0 Å². The lowest BCUT2D eigenvalue weighted by Gasteiger charge is -2.25. The smallest absolute Gasteiger partial charge is 0.355 e. The highest BCUT2D eigenvalue weighted by atomic mass is 16.7. The Balaban J connectivity index is 1.41. The molecule has 36 heavy (non-hydrogen) atoms. The predicted molar refractivity (Wildman–Crippen MR) is 137 cm³/mol. The van der Waals surface area contributed by atoms with E-state index in [9.17, 15) is 14.7 Å². The summed E-state index contributed by atoms with van der Waals surface area (Å²) in [6.07, 6.45) is 2.97. The van der Waals surface area contributed by atoms with Crippen molar-refractivity contribution in [3.63, 3.8) is 0 Å². The molecule has 4 rings (SSSR count). The van der Waals surface area contributed by atoms with Crippen LogP contribution in [0.5, 0.6) is 0 Å². The zero-order chi connectivity index (χ0) is 25.2. The summed E-state index contributed by atoms with van der Waals surface area (Å²) in [6.45, 7) is 0. The van der Waals surface area contributed by atoms with E-state index >= 15 is 0 Å². The molecule has 178 valence electrons. The molecule has 0 saturated heterocycles. The van der Waals surface area contributed by atoms with E-state index in [0.717, 1.165) is 5.56 Å². The van der Waals surface area contributed by atoms with E-state index in [4.69, 9.17) is 4.84 Å². The Morgan fingerprint density at radius 2 is 1.28 bits per heavy atom. The fraction of sp³-hybridized carbons (Fsp3) is 0.0345. The van der Waals surface area contributed by atoms with Crippen LogP contribution in [0, 0.1) is 0 Å². The second kappa shape index (κ2) is 11.5. The van der Waals surface area contributed by atoms with Crippen LogP contribution in [0.3, 0.4) is 0 Å². The molecular weight excluding hydrogens is 454 g/mol. The van der Waals surface area contributed by atoms with Crippen molar-refractivity contribution in [1.29, 1.82) is 0 Å². The van der Waals surface area contributed by atoms with Crippen molar-refractivity contribution in [3.8, 4) is 0 Å². The highest BCUT2D eigenvalue weighted by Crippen LogP contribution is 2.31. The quantitative estimate of drug-likeness (QED) is 0.189. The minimum Gasteiger partial charge on any atom is -0.372 e. The lowest BCUT2D eigenvalue weighted by molar-refractivity contribution is -0.135. The van der Waals surface area contributed by atoms with Gasteiger partial charge in [-0.25, -0.2) is 10.3 Å². The number of benzene rings is 4. The van der Waals surface area contributed by atoms with Crippen molar-refractivity contribution in [1.82, 2.24) is 0 Å². The van der Waals surface area contributed by atoms with E-state index in [1.807, 2.05) is 30.3 Å². The maximum atomic E-state index is 13.1. The number of anilines is 1. The van der Waals surface area contributed by atoms with Gasteiger partial charge in [-0.15, -0.1) is 10.2 Å². The first kappa shape index (κ1) is 24.3. The molecular formula is C29H23N3O4. The molecule has 0 heterocycles. The minimum absolute atomic E-state index is 0.382. The van der Waals surface area contributed by atoms with E-state index in [0.29, 0.717) is 22.5 Å². The molecule has 0 spiro atoms. The number of amides is 1. The molecule has 0 fully saturated rings. The molecule has 0 aliphatic heterocycles. The van der Waals surface area contributed by atoms with Crippen LogP contribution in [0.4, 0.5) is 11.4 Å². The average Bonchev–Trinajstić information content (AvgIpc) is 2.95. The van der Waals surface area contributed by atoms with Gasteiger partial charge in [0.05, 0.1) is 11.4 Å². The van der Waals surface area contributed by atoms with Crippen LogP contribution in [-0.2, 0) is 20.0 Å². The molecule has 0 unspecified atom stereocenters. The van der Waals surface area contributed by atoms with Gasteiger partial charge in [-0.3, -0.25) is 4.79 Å². The summed E-state index contributed by atoms with van der Waals surface area (Å²) in [7, 11) is 0. The molecule has 1 amide bonds. The molecule has 0 aliphatic carbocycles. The summed E-state index contributed by atoms with van der Waals surface area (Å²) >= 11 is 0. The monoisotopic (exact) mass is 477 g/mol. The number of hydrogen-bond acceptors (Lipinski definition) is 6. The van der Waals surface area contributed by atoms with E-state index in [1.165, 1.54) is 6.08 Å². The van der Waals surface area contributed by atoms with Crippen molar-refractivity contribution >= 4 is 29.3 Å². The Kier molecular flexibility index (Phi) is 7.75. The zero-order valence-electron chi connectivity index (χ0n) is 19.2. The number of hydrogen-bond donors (Lipinski definition) is 2. The van der Waals surface area contributed by atoms with Gasteiger partial charge in [0, 0.05) is 6.08 Å². The standard InChI is InChI=1S/C29H23N3O4/c33-27(21-16-22-10-4-1-5-11-22)36-32-26-19-17-25(18-20-26)30-31-28(34)29(35,23-12-6-2-7-13-23)24-14-8-3-9-15-24/h1-21,32,35H/b21-16+,31-30?. The minimum atomic E-state index is -1.98. The van der Waals surface area contributed by atoms with Gasteiger partial charge in [0.2, 0.25) is 0 Å². The van der Waals surface area contributed by atoms with Gasteiger partial charge in [0.1, 0.15) is 0 Å². The molecule has 2 N–H and O–H groups in total. The van der Waals surface area contributed by atoms with E-state index in [-0.39, 0.29) is 0 Å². The highest BCUT2D eigenvalue weighted by molar-refractivity contribution is 5.90. The Morgan fingerprint density at radius 3 is 1.83 bits per heavy atom. The summed E-state index contributed by atoms with van der Waals surface area (Å²) in [5.74, 6) is -1.38. The Bertz CT molecular complexity index is 1310. The third-order valence-electron chi connectivity index (χ3n) is 5.30. The van der Waals surface area contributed by atoms with Crippen molar-refractivity contribution in [2.45, 2.75) is 5.60 Å². The van der Waals surface area contributed by atoms with Gasteiger partial charge >= 0.3 is 11.9 Å². The van der Waals surface area contributed by atoms with E-state index in [2.05, 4.69) is 15.7 Å². The van der Waals surface area contributed by atoms with Gasteiger partial charge in [-0.1, -0.05) is 91.0 Å². The van der Waals surface area contributed by atoms with Crippen LogP contribution in [0.25, 0.3) is 6.08 Å². The number of rotatable bonds is 8. The topological polar surface area (TPSA) is 100 Å². The molecule has 0 aliphatic rings. The van der Waals surface area contributed by atoms with Crippen molar-refractivity contribution in [3.05, 3.63) is 138 Å². The Hall–Kier alpha value is -4.88. The van der Waals surface area contributed by atoms with Gasteiger partial charge in [0.15, 0.2) is 5.60 Å². The maximum Gasteiger partial charge on any atom is 0.355 e. The fourth-order valence-electron chi connectivity index (χ4n) is 3.42. The number of carbonyl (C=O) groups is 2. The molecule has 0 radical (unpaired) electrons. The lowest BCUT2D eigenvalue weighted by Crippen LogP contribution is -2.35. The Labute approximate surface area is 208 Å². The first-order valence-electron chi connectivity index (χ1n) is 11.2. The predicted octanol–water partition coefficient (Wildman–Crippen LogP) is 5.82. The second-order valence-corrected chi connectivity index (χ2v) is 7.76. The largest absolute Gasteiger partial charge is 0.372 e. The van der Waals surface area contributed by atoms with Crippen molar-refractivity contribution in [2.24, 2.45) is 10.2 Å². The molecule has 4 aromatic carbocycles. The summed E-state index contributed by atoms with van der Waals surface area (Å²) in [5.41, 5.74) is 3.13. The maximum absolute atomic E-state index is 13.1. The molecule has 7 nitrogen and oxygen atoms in total. The molecule has 7 heteroatoms. The van der Waals surface area contributed by atoms with Gasteiger partial charge < -0.3 is 9.94 Å².